The Kier molecular flexibility index (Phi) is 6.93. The second-order valence-corrected chi connectivity index (χ2v) is 11.8. The molecule has 0 unspecified atom stereocenters. The molecule has 2 fully saturated rings. The lowest BCUT2D eigenvalue weighted by Gasteiger charge is -2.53. The fourth-order valence-corrected chi connectivity index (χ4v) is 5.64. The van der Waals surface area contributed by atoms with Gasteiger partial charge in [-0.25, -0.2) is 0 Å². The van der Waals surface area contributed by atoms with E-state index in [1.54, 1.807) is 0 Å². The summed E-state index contributed by atoms with van der Waals surface area (Å²) >= 11 is 6.29. The molecule has 7 nitrogen and oxygen atoms in total. The zero-order chi connectivity index (χ0) is 24.8. The van der Waals surface area contributed by atoms with Crippen LogP contribution in [0, 0.1) is 11.8 Å². The van der Waals surface area contributed by atoms with E-state index in [4.69, 9.17) is 25.8 Å². The molecule has 34 heavy (non-hydrogen) atoms. The van der Waals surface area contributed by atoms with Crippen molar-refractivity contribution in [1.82, 2.24) is 10.2 Å². The first-order valence-electron chi connectivity index (χ1n) is 12.2. The van der Waals surface area contributed by atoms with Crippen molar-refractivity contribution in [3.63, 3.8) is 0 Å². The number of rotatable bonds is 4. The third-order valence-electron chi connectivity index (χ3n) is 7.12. The smallest absolute Gasteiger partial charge is 0.247 e. The summed E-state index contributed by atoms with van der Waals surface area (Å²) in [6.45, 7) is 12.8. The molecule has 3 aliphatic heterocycles. The minimum absolute atomic E-state index is 0.0658. The normalized spacial score (nSPS) is 28.6. The molecule has 1 aromatic carbocycles. The Balaban J connectivity index is 1.49. The van der Waals surface area contributed by atoms with Gasteiger partial charge in [0.1, 0.15) is 17.4 Å². The van der Waals surface area contributed by atoms with Crippen LogP contribution >= 0.6 is 11.6 Å². The third-order valence-corrected chi connectivity index (χ3v) is 7.36. The number of halogens is 1. The van der Waals surface area contributed by atoms with E-state index in [9.17, 15) is 9.59 Å². The number of ether oxygens (including phenoxy) is 3. The van der Waals surface area contributed by atoms with E-state index in [1.807, 2.05) is 43.9 Å². The van der Waals surface area contributed by atoms with Gasteiger partial charge in [-0.05, 0) is 65.7 Å². The highest BCUT2D eigenvalue weighted by Gasteiger charge is 2.51. The summed E-state index contributed by atoms with van der Waals surface area (Å²) in [4.78, 5) is 27.0. The quantitative estimate of drug-likeness (QED) is 0.684. The largest absolute Gasteiger partial charge is 0.487 e. The van der Waals surface area contributed by atoms with E-state index >= 15 is 0 Å². The lowest BCUT2D eigenvalue weighted by Crippen LogP contribution is -2.58. The zero-order valence-electron chi connectivity index (χ0n) is 21.0. The molecule has 0 bridgehead atoms. The van der Waals surface area contributed by atoms with E-state index in [0.717, 1.165) is 24.2 Å². The summed E-state index contributed by atoms with van der Waals surface area (Å²) < 4.78 is 18.9. The fraction of sp³-hybridized carbons (Fsp3) is 0.692. The van der Waals surface area contributed by atoms with E-state index in [0.29, 0.717) is 18.1 Å². The van der Waals surface area contributed by atoms with Gasteiger partial charge in [0.25, 0.3) is 0 Å². The molecule has 2 saturated heterocycles. The second kappa shape index (κ2) is 9.32. The van der Waals surface area contributed by atoms with Crippen LogP contribution in [-0.4, -0.2) is 59.8 Å². The molecule has 1 aromatic rings. The van der Waals surface area contributed by atoms with Gasteiger partial charge in [-0.1, -0.05) is 11.6 Å². The maximum absolute atomic E-state index is 13.4. The van der Waals surface area contributed by atoms with Crippen molar-refractivity contribution in [1.29, 1.82) is 0 Å². The standard InChI is InChI=1S/C26H37ClN2O5/c1-15(30)28-20(14-32-25(2,3)4)24(31)29-10-9-21-16(13-29)11-19-23(33-21)18-12-17(27)7-8-22(18)34-26(19,5)6/h7-8,12,16,19-21,23H,9-11,13-14H2,1-6H3,(H,28,30)/t16-,19+,20+,21+,23-/m1/s1. The number of nitrogens with zero attached hydrogens (tertiary/aromatic N) is 1. The Hall–Kier alpha value is -1.83. The van der Waals surface area contributed by atoms with Gasteiger partial charge in [0, 0.05) is 42.4 Å². The number of fused-ring (bicyclic) bond motifs is 4. The van der Waals surface area contributed by atoms with Crippen LogP contribution in [0.4, 0.5) is 0 Å². The molecule has 8 heteroatoms. The minimum atomic E-state index is -0.700. The molecular formula is C26H37ClN2O5. The first kappa shape index (κ1) is 25.3. The van der Waals surface area contributed by atoms with Crippen molar-refractivity contribution in [2.75, 3.05) is 19.7 Å². The molecule has 5 atom stereocenters. The molecule has 0 radical (unpaired) electrons. The summed E-state index contributed by atoms with van der Waals surface area (Å²) in [7, 11) is 0. The maximum atomic E-state index is 13.4. The number of carbonyl (C=O) groups is 2. The van der Waals surface area contributed by atoms with Crippen LogP contribution in [0.2, 0.25) is 5.02 Å². The molecule has 3 heterocycles. The van der Waals surface area contributed by atoms with Crippen molar-refractivity contribution < 1.29 is 23.8 Å². The average Bonchev–Trinajstić information content (AvgIpc) is 2.74. The van der Waals surface area contributed by atoms with Gasteiger partial charge in [0.15, 0.2) is 0 Å². The number of likely N-dealkylation sites (tertiary alicyclic amines) is 1. The van der Waals surface area contributed by atoms with Gasteiger partial charge >= 0.3 is 0 Å². The number of carbonyl (C=O) groups excluding carboxylic acids is 2. The molecule has 0 aromatic heterocycles. The lowest BCUT2D eigenvalue weighted by atomic mass is 9.70. The van der Waals surface area contributed by atoms with Gasteiger partial charge < -0.3 is 24.4 Å². The van der Waals surface area contributed by atoms with E-state index in [-0.39, 0.29) is 42.5 Å². The molecule has 3 aliphatic rings. The number of amides is 2. The summed E-state index contributed by atoms with van der Waals surface area (Å²) in [5.74, 6) is 0.831. The van der Waals surface area contributed by atoms with Crippen LogP contribution in [0.5, 0.6) is 5.75 Å². The molecule has 188 valence electrons. The van der Waals surface area contributed by atoms with Crippen molar-refractivity contribution in [2.24, 2.45) is 11.8 Å². The third kappa shape index (κ3) is 5.37. The summed E-state index contributed by atoms with van der Waals surface area (Å²) in [5.41, 5.74) is 0.211. The van der Waals surface area contributed by atoms with Gasteiger partial charge in [-0.2, -0.15) is 0 Å². The Morgan fingerprint density at radius 2 is 2.06 bits per heavy atom. The number of piperidine rings is 1. The molecule has 1 N–H and O–H groups in total. The lowest BCUT2D eigenvalue weighted by molar-refractivity contribution is -0.189. The van der Waals surface area contributed by atoms with Crippen LogP contribution < -0.4 is 10.1 Å². The predicted octanol–water partition coefficient (Wildman–Crippen LogP) is 4.13. The number of benzene rings is 1. The van der Waals surface area contributed by atoms with Crippen LogP contribution in [-0.2, 0) is 19.1 Å². The van der Waals surface area contributed by atoms with Crippen molar-refractivity contribution in [3.8, 4) is 5.75 Å². The molecule has 0 spiro atoms. The number of nitrogens with one attached hydrogen (secondary N) is 1. The van der Waals surface area contributed by atoms with Gasteiger partial charge in [0.2, 0.25) is 11.8 Å². The zero-order valence-corrected chi connectivity index (χ0v) is 21.8. The van der Waals surface area contributed by atoms with Crippen molar-refractivity contribution in [3.05, 3.63) is 28.8 Å². The Labute approximate surface area is 207 Å². The average molecular weight is 493 g/mol. The fourth-order valence-electron chi connectivity index (χ4n) is 5.46. The first-order valence-corrected chi connectivity index (χ1v) is 12.6. The topological polar surface area (TPSA) is 77.1 Å². The highest BCUT2D eigenvalue weighted by molar-refractivity contribution is 6.30. The molecule has 2 amide bonds. The van der Waals surface area contributed by atoms with Crippen LogP contribution in [0.3, 0.4) is 0 Å². The van der Waals surface area contributed by atoms with Gasteiger partial charge in [-0.15, -0.1) is 0 Å². The second-order valence-electron chi connectivity index (χ2n) is 11.3. The summed E-state index contributed by atoms with van der Waals surface area (Å²) in [6.07, 6.45) is 1.63. The van der Waals surface area contributed by atoms with E-state index < -0.39 is 17.2 Å². The SMILES string of the molecule is CC(=O)N[C@@H](COC(C)(C)C)C(=O)N1CC[C@@H]2O[C@@H]3c4cc(Cl)ccc4OC(C)(C)[C@H]3C[C@@H]2C1. The van der Waals surface area contributed by atoms with Crippen LogP contribution in [0.1, 0.15) is 66.1 Å². The summed E-state index contributed by atoms with van der Waals surface area (Å²) in [6, 6.07) is 5.03. The van der Waals surface area contributed by atoms with Crippen LogP contribution in [0.15, 0.2) is 18.2 Å². The summed E-state index contributed by atoms with van der Waals surface area (Å²) in [5, 5.41) is 3.45. The molecule has 4 rings (SSSR count). The van der Waals surface area contributed by atoms with E-state index in [2.05, 4.69) is 19.2 Å². The van der Waals surface area contributed by atoms with Crippen molar-refractivity contribution in [2.45, 2.75) is 83.8 Å². The number of hydrogen-bond acceptors (Lipinski definition) is 5. The van der Waals surface area contributed by atoms with Crippen molar-refractivity contribution >= 4 is 23.4 Å². The highest BCUT2D eigenvalue weighted by atomic mass is 35.5. The first-order chi connectivity index (χ1) is 15.8. The Morgan fingerprint density at radius 1 is 1.32 bits per heavy atom. The van der Waals surface area contributed by atoms with Gasteiger partial charge in [0.05, 0.1) is 24.4 Å². The van der Waals surface area contributed by atoms with Gasteiger partial charge in [-0.3, -0.25) is 9.59 Å². The van der Waals surface area contributed by atoms with Crippen LogP contribution in [0.25, 0.3) is 0 Å². The maximum Gasteiger partial charge on any atom is 0.247 e. The Bertz CT molecular complexity index is 944. The van der Waals surface area contributed by atoms with E-state index in [1.165, 1.54) is 6.92 Å². The Morgan fingerprint density at radius 3 is 2.74 bits per heavy atom. The molecule has 0 saturated carbocycles. The minimum Gasteiger partial charge on any atom is -0.487 e. The highest BCUT2D eigenvalue weighted by Crippen LogP contribution is 2.53. The molecular weight excluding hydrogens is 456 g/mol. The monoisotopic (exact) mass is 492 g/mol. The number of hydrogen-bond donors (Lipinski definition) is 1. The molecule has 0 aliphatic carbocycles. The predicted molar refractivity (Wildman–Crippen MR) is 130 cm³/mol.